The van der Waals surface area contributed by atoms with E-state index in [1.54, 1.807) is 12.4 Å². The van der Waals surface area contributed by atoms with Gasteiger partial charge in [-0.25, -0.2) is 13.1 Å². The first-order valence-electron chi connectivity index (χ1n) is 6.68. The number of nitrogens with zero attached hydrogens (tertiary/aromatic N) is 2. The molecule has 0 fully saturated rings. The Morgan fingerprint density at radius 1 is 1.22 bits per heavy atom. The largest absolute Gasteiger partial charge is 0.324 e. The van der Waals surface area contributed by atoms with E-state index in [0.717, 1.165) is 5.56 Å². The highest BCUT2D eigenvalue weighted by atomic mass is 35.5. The van der Waals surface area contributed by atoms with Crippen LogP contribution in [0, 0.1) is 0 Å². The first-order chi connectivity index (χ1) is 11.0. The zero-order valence-electron chi connectivity index (χ0n) is 11.8. The number of rotatable bonds is 3. The molecule has 0 spiro atoms. The number of pyridine rings is 1. The molecule has 1 aromatic heterocycles. The van der Waals surface area contributed by atoms with Crippen LogP contribution in [0.4, 0.5) is 5.69 Å². The van der Waals surface area contributed by atoms with Crippen molar-refractivity contribution in [2.24, 2.45) is 4.99 Å². The van der Waals surface area contributed by atoms with Gasteiger partial charge in [-0.1, -0.05) is 29.3 Å². The van der Waals surface area contributed by atoms with Gasteiger partial charge in [-0.2, -0.15) is 0 Å². The maximum Gasteiger partial charge on any atom is 0.266 e. The van der Waals surface area contributed by atoms with Crippen molar-refractivity contribution in [1.82, 2.24) is 9.71 Å². The van der Waals surface area contributed by atoms with Crippen LogP contribution >= 0.6 is 23.2 Å². The molecule has 0 amide bonds. The summed E-state index contributed by atoms with van der Waals surface area (Å²) in [6, 6.07) is 6.55. The highest BCUT2D eigenvalue weighted by Crippen LogP contribution is 2.33. The number of hydrogen-bond acceptors (Lipinski definition) is 4. The third-order valence-corrected chi connectivity index (χ3v) is 5.29. The van der Waals surface area contributed by atoms with E-state index in [2.05, 4.69) is 20.0 Å². The molecular weight excluding hydrogens is 359 g/mol. The monoisotopic (exact) mass is 370 g/mol. The van der Waals surface area contributed by atoms with Crippen LogP contribution in [-0.2, 0) is 16.4 Å². The van der Waals surface area contributed by atoms with Crippen molar-refractivity contribution >= 4 is 44.9 Å². The number of benzene rings is 1. The minimum Gasteiger partial charge on any atom is -0.324 e. The SMILES string of the molecule is O=S1(=O)NC(=NCCc2cccnc2)Nc2cc(Cl)c(Cl)cc21. The van der Waals surface area contributed by atoms with Gasteiger partial charge in [0.25, 0.3) is 10.0 Å². The van der Waals surface area contributed by atoms with Crippen LogP contribution in [0.1, 0.15) is 5.56 Å². The summed E-state index contributed by atoms with van der Waals surface area (Å²) in [6.07, 6.45) is 4.09. The van der Waals surface area contributed by atoms with Crippen molar-refractivity contribution in [2.45, 2.75) is 11.3 Å². The summed E-state index contributed by atoms with van der Waals surface area (Å²) in [5.74, 6) is 0.153. The van der Waals surface area contributed by atoms with Crippen LogP contribution in [0.2, 0.25) is 10.0 Å². The Morgan fingerprint density at radius 3 is 2.74 bits per heavy atom. The van der Waals surface area contributed by atoms with Crippen LogP contribution in [0.3, 0.4) is 0 Å². The highest BCUT2D eigenvalue weighted by Gasteiger charge is 2.27. The Balaban J connectivity index is 1.81. The number of guanidine groups is 1. The predicted octanol–water partition coefficient (Wildman–Crippen LogP) is 2.69. The normalized spacial score (nSPS) is 17.2. The zero-order valence-corrected chi connectivity index (χ0v) is 14.1. The summed E-state index contributed by atoms with van der Waals surface area (Å²) < 4.78 is 26.8. The predicted molar refractivity (Wildman–Crippen MR) is 90.6 cm³/mol. The molecule has 0 atom stereocenters. The van der Waals surface area contributed by atoms with Crippen LogP contribution in [0.15, 0.2) is 46.5 Å². The van der Waals surface area contributed by atoms with Crippen LogP contribution in [-0.4, -0.2) is 25.9 Å². The molecule has 2 N–H and O–H groups in total. The van der Waals surface area contributed by atoms with Gasteiger partial charge in [0.15, 0.2) is 0 Å². The lowest BCUT2D eigenvalue weighted by Crippen LogP contribution is -2.40. The lowest BCUT2D eigenvalue weighted by Gasteiger charge is -2.22. The van der Waals surface area contributed by atoms with Gasteiger partial charge in [-0.15, -0.1) is 0 Å². The number of fused-ring (bicyclic) bond motifs is 1. The molecule has 0 aliphatic carbocycles. The number of halogens is 2. The van der Waals surface area contributed by atoms with Gasteiger partial charge in [0, 0.05) is 18.9 Å². The molecule has 0 saturated carbocycles. The van der Waals surface area contributed by atoms with Crippen LogP contribution in [0.5, 0.6) is 0 Å². The molecule has 0 unspecified atom stereocenters. The number of anilines is 1. The van der Waals surface area contributed by atoms with E-state index in [-0.39, 0.29) is 20.9 Å². The van der Waals surface area contributed by atoms with E-state index in [9.17, 15) is 8.42 Å². The van der Waals surface area contributed by atoms with E-state index in [4.69, 9.17) is 23.2 Å². The summed E-state index contributed by atoms with van der Waals surface area (Å²) in [6.45, 7) is 0.410. The Hall–Kier alpha value is -1.83. The number of hydrogen-bond donors (Lipinski definition) is 2. The van der Waals surface area contributed by atoms with Crippen molar-refractivity contribution in [2.75, 3.05) is 11.9 Å². The first kappa shape index (κ1) is 16.0. The van der Waals surface area contributed by atoms with E-state index in [0.29, 0.717) is 18.7 Å². The second kappa shape index (κ2) is 6.35. The molecule has 1 aromatic carbocycles. The Morgan fingerprint density at radius 2 is 2.00 bits per heavy atom. The molecule has 6 nitrogen and oxygen atoms in total. The summed E-state index contributed by atoms with van der Waals surface area (Å²) in [4.78, 5) is 8.29. The third-order valence-electron chi connectivity index (χ3n) is 3.19. The minimum atomic E-state index is -3.72. The quantitative estimate of drug-likeness (QED) is 0.869. The molecule has 1 aliphatic rings. The Bertz CT molecular complexity index is 870. The van der Waals surface area contributed by atoms with Gasteiger partial charge in [0.1, 0.15) is 4.90 Å². The second-order valence-corrected chi connectivity index (χ2v) is 7.30. The van der Waals surface area contributed by atoms with E-state index < -0.39 is 10.0 Å². The number of aliphatic imine (C=N–C) groups is 1. The fourth-order valence-corrected chi connectivity index (χ4v) is 3.64. The van der Waals surface area contributed by atoms with E-state index in [1.807, 2.05) is 12.1 Å². The molecule has 0 radical (unpaired) electrons. The summed E-state index contributed by atoms with van der Waals surface area (Å²) in [5, 5.41) is 3.35. The van der Waals surface area contributed by atoms with Gasteiger partial charge >= 0.3 is 0 Å². The van der Waals surface area contributed by atoms with Crippen LogP contribution in [0.25, 0.3) is 0 Å². The lowest BCUT2D eigenvalue weighted by atomic mass is 10.2. The highest BCUT2D eigenvalue weighted by molar-refractivity contribution is 7.90. The number of aromatic nitrogens is 1. The van der Waals surface area contributed by atoms with Gasteiger partial charge in [-0.05, 0) is 30.2 Å². The van der Waals surface area contributed by atoms with Crippen molar-refractivity contribution < 1.29 is 8.42 Å². The summed E-state index contributed by atoms with van der Waals surface area (Å²) in [5.41, 5.74) is 1.36. The van der Waals surface area contributed by atoms with Crippen molar-refractivity contribution in [3.63, 3.8) is 0 Å². The van der Waals surface area contributed by atoms with E-state index in [1.165, 1.54) is 12.1 Å². The molecule has 2 aromatic rings. The molecule has 9 heteroatoms. The van der Waals surface area contributed by atoms with Crippen molar-refractivity contribution in [3.05, 3.63) is 52.3 Å². The maximum atomic E-state index is 12.2. The van der Waals surface area contributed by atoms with Gasteiger partial charge in [0.05, 0.1) is 15.7 Å². The lowest BCUT2D eigenvalue weighted by molar-refractivity contribution is 0.591. The van der Waals surface area contributed by atoms with Crippen LogP contribution < -0.4 is 10.0 Å². The third kappa shape index (κ3) is 3.57. The molecule has 23 heavy (non-hydrogen) atoms. The molecule has 3 rings (SSSR count). The molecule has 2 heterocycles. The second-order valence-electron chi connectivity index (χ2n) is 4.83. The topological polar surface area (TPSA) is 83.5 Å². The molecular formula is C14H12Cl2N4O2S. The summed E-state index contributed by atoms with van der Waals surface area (Å²) >= 11 is 11.8. The van der Waals surface area contributed by atoms with E-state index >= 15 is 0 Å². The average molecular weight is 371 g/mol. The molecule has 120 valence electrons. The van der Waals surface area contributed by atoms with Gasteiger partial charge in [-0.3, -0.25) is 9.98 Å². The summed E-state index contributed by atoms with van der Waals surface area (Å²) in [7, 11) is -3.72. The fraction of sp³-hybridized carbons (Fsp3) is 0.143. The zero-order chi connectivity index (χ0) is 16.4. The van der Waals surface area contributed by atoms with Crippen molar-refractivity contribution in [3.8, 4) is 0 Å². The standard InChI is InChI=1S/C14H12Cl2N4O2S/c15-10-6-12-13(7-11(10)16)23(21,22)20-14(19-12)18-5-3-9-2-1-4-17-8-9/h1-2,4,6-8H,3,5H2,(H2,18,19,20). The molecule has 0 bridgehead atoms. The molecule has 1 aliphatic heterocycles. The smallest absolute Gasteiger partial charge is 0.266 e. The fourth-order valence-electron chi connectivity index (χ4n) is 2.10. The molecule has 0 saturated heterocycles. The van der Waals surface area contributed by atoms with Gasteiger partial charge < -0.3 is 5.32 Å². The minimum absolute atomic E-state index is 0.0399. The maximum absolute atomic E-state index is 12.2. The Labute approximate surface area is 143 Å². The Kier molecular flexibility index (Phi) is 4.43. The number of sulfonamides is 1. The van der Waals surface area contributed by atoms with Crippen molar-refractivity contribution in [1.29, 1.82) is 0 Å². The number of nitrogens with one attached hydrogen (secondary N) is 2. The first-order valence-corrected chi connectivity index (χ1v) is 8.92. The van der Waals surface area contributed by atoms with Gasteiger partial charge in [0.2, 0.25) is 5.96 Å². The average Bonchev–Trinajstić information content (AvgIpc) is 2.50.